The molecule has 0 bridgehead atoms. The van der Waals surface area contributed by atoms with Crippen LogP contribution in [0.5, 0.6) is 11.5 Å². The average Bonchev–Trinajstić information content (AvgIpc) is 3.59. The summed E-state index contributed by atoms with van der Waals surface area (Å²) in [4.78, 5) is 84.1. The fourth-order valence-corrected chi connectivity index (χ4v) is 10.1. The molecule has 60 heavy (non-hydrogen) atoms. The first-order chi connectivity index (χ1) is 28.5. The zero-order valence-corrected chi connectivity index (χ0v) is 33.3. The number of ether oxygens (including phenoxy) is 1. The zero-order valence-electron chi connectivity index (χ0n) is 31.8. The van der Waals surface area contributed by atoms with E-state index in [0.29, 0.717) is 21.8 Å². The molecule has 2 saturated heterocycles. The number of hydrazine groups is 1. The normalized spacial score (nSPS) is 24.4. The number of phenolic OH excluding ortho intramolecular Hbond substituents is 1. The predicted molar refractivity (Wildman–Crippen MR) is 215 cm³/mol. The fraction of sp³-hybridized carbons (Fsp3) is 0.268. The number of halogens is 3. The summed E-state index contributed by atoms with van der Waals surface area (Å²) in [6.45, 7) is 0. The number of methoxy groups -OCH3 is 1. The van der Waals surface area contributed by atoms with Crippen molar-refractivity contribution in [3.05, 3.63) is 132 Å². The van der Waals surface area contributed by atoms with E-state index in [1.807, 2.05) is 0 Å². The number of allylic oxidation sites excluding steroid dienone is 2. The van der Waals surface area contributed by atoms with Gasteiger partial charge < -0.3 is 14.7 Å². The SMILES string of the molecule is COc1ccc(C23C(=O)N(Nc4ccc(Cl)cc4Cl)C(=O)C2CC2C(=CCC4C(=O)N(c5cc([N+](=O)[O-])c(N(C)C)c([N+](=O)[O-])c5)C(=O)C42)C3c2cccc(F)c2O)cc1. The number of aromatic hydroxyl groups is 1. The van der Waals surface area contributed by atoms with E-state index in [0.717, 1.165) is 23.2 Å². The van der Waals surface area contributed by atoms with Crippen LogP contribution in [0.4, 0.5) is 32.8 Å². The summed E-state index contributed by atoms with van der Waals surface area (Å²) in [7, 11) is 4.20. The maximum atomic E-state index is 15.5. The number of nitro groups is 2. The average molecular weight is 860 g/mol. The van der Waals surface area contributed by atoms with Crippen LogP contribution in [-0.2, 0) is 24.6 Å². The number of rotatable bonds is 9. The molecule has 3 fully saturated rings. The number of carbonyl (C=O) groups is 4. The van der Waals surface area contributed by atoms with Gasteiger partial charge in [-0.1, -0.05) is 59.1 Å². The molecule has 4 aliphatic rings. The molecule has 1 saturated carbocycles. The second kappa shape index (κ2) is 14.6. The second-order valence-corrected chi connectivity index (χ2v) is 16.0. The summed E-state index contributed by atoms with van der Waals surface area (Å²) in [6.07, 6.45) is 1.33. The Kier molecular flexibility index (Phi) is 9.78. The van der Waals surface area contributed by atoms with Crippen LogP contribution in [0.3, 0.4) is 0 Å². The number of hydrogen-bond donors (Lipinski definition) is 2. The third-order valence-electron chi connectivity index (χ3n) is 12.1. The van der Waals surface area contributed by atoms with E-state index in [4.69, 9.17) is 27.9 Å². The number of hydrogen-bond acceptors (Lipinski definition) is 12. The van der Waals surface area contributed by atoms with Crippen LogP contribution in [0.15, 0.2) is 84.4 Å². The number of nitrogens with zero attached hydrogens (tertiary/aromatic N) is 5. The molecular formula is C41H33Cl2FN6O10. The van der Waals surface area contributed by atoms with E-state index >= 15 is 9.18 Å². The van der Waals surface area contributed by atoms with Crippen LogP contribution in [0.1, 0.15) is 29.9 Å². The Balaban J connectivity index is 1.32. The third kappa shape index (κ3) is 5.85. The predicted octanol–water partition coefficient (Wildman–Crippen LogP) is 6.92. The summed E-state index contributed by atoms with van der Waals surface area (Å²) < 4.78 is 20.9. The van der Waals surface area contributed by atoms with Gasteiger partial charge in [-0.2, -0.15) is 5.01 Å². The van der Waals surface area contributed by atoms with Crippen molar-refractivity contribution in [2.75, 3.05) is 36.4 Å². The lowest BCUT2D eigenvalue weighted by Gasteiger charge is -2.50. The smallest absolute Gasteiger partial charge is 0.301 e. The molecule has 2 heterocycles. The first kappa shape index (κ1) is 40.2. The quantitative estimate of drug-likeness (QED) is 0.0762. The molecule has 16 nitrogen and oxygen atoms in total. The minimum atomic E-state index is -1.91. The number of anilines is 3. The van der Waals surface area contributed by atoms with Crippen LogP contribution >= 0.6 is 23.2 Å². The summed E-state index contributed by atoms with van der Waals surface area (Å²) in [5.74, 6) is -10.6. The van der Waals surface area contributed by atoms with Gasteiger partial charge in [0.05, 0.1) is 56.5 Å². The number of fused-ring (bicyclic) bond motifs is 4. The van der Waals surface area contributed by atoms with Gasteiger partial charge in [0.25, 0.3) is 11.8 Å². The molecule has 4 aromatic carbocycles. The van der Waals surface area contributed by atoms with E-state index in [1.54, 1.807) is 30.3 Å². The summed E-state index contributed by atoms with van der Waals surface area (Å²) >= 11 is 12.6. The summed E-state index contributed by atoms with van der Waals surface area (Å²) in [6, 6.07) is 16.4. The Hall–Kier alpha value is -6.59. The van der Waals surface area contributed by atoms with Crippen molar-refractivity contribution >= 4 is 75.3 Å². The van der Waals surface area contributed by atoms with Crippen molar-refractivity contribution in [1.29, 1.82) is 0 Å². The maximum absolute atomic E-state index is 15.5. The lowest BCUT2D eigenvalue weighted by Crippen LogP contribution is -2.53. The molecule has 0 spiro atoms. The van der Waals surface area contributed by atoms with Gasteiger partial charge in [0.1, 0.15) is 5.75 Å². The molecule has 4 amide bonds. The molecule has 8 rings (SSSR count). The fourth-order valence-electron chi connectivity index (χ4n) is 9.66. The number of nitro benzene ring substituents is 2. The zero-order chi connectivity index (χ0) is 43.1. The lowest BCUT2D eigenvalue weighted by atomic mass is 9.49. The Morgan fingerprint density at radius 1 is 0.917 bits per heavy atom. The number of carbonyl (C=O) groups excluding carboxylic acids is 4. The topological polar surface area (TPSA) is 206 Å². The van der Waals surface area contributed by atoms with Gasteiger partial charge in [-0.3, -0.25) is 44.8 Å². The number of para-hydroxylation sites is 1. The van der Waals surface area contributed by atoms with Gasteiger partial charge in [-0.05, 0) is 60.7 Å². The van der Waals surface area contributed by atoms with E-state index in [9.17, 15) is 39.7 Å². The van der Waals surface area contributed by atoms with Gasteiger partial charge in [0.2, 0.25) is 11.8 Å². The molecule has 2 aliphatic carbocycles. The van der Waals surface area contributed by atoms with Gasteiger partial charge >= 0.3 is 11.4 Å². The first-order valence-electron chi connectivity index (χ1n) is 18.5. The van der Waals surface area contributed by atoms with E-state index < -0.39 is 97.1 Å². The molecule has 2 N–H and O–H groups in total. The molecule has 6 unspecified atom stereocenters. The Labute approximate surface area is 350 Å². The molecule has 19 heteroatoms. The van der Waals surface area contributed by atoms with E-state index in [2.05, 4.69) is 5.43 Å². The Bertz CT molecular complexity index is 2570. The lowest BCUT2D eigenvalue weighted by molar-refractivity contribution is -0.392. The minimum Gasteiger partial charge on any atom is -0.505 e. The largest absolute Gasteiger partial charge is 0.505 e. The molecule has 4 aromatic rings. The molecule has 0 radical (unpaired) electrons. The Morgan fingerprint density at radius 3 is 2.18 bits per heavy atom. The number of imide groups is 2. The first-order valence-corrected chi connectivity index (χ1v) is 19.2. The maximum Gasteiger partial charge on any atom is 0.301 e. The number of benzene rings is 4. The third-order valence-corrected chi connectivity index (χ3v) is 12.6. The van der Waals surface area contributed by atoms with Crippen molar-refractivity contribution in [3.8, 4) is 11.5 Å². The van der Waals surface area contributed by atoms with Crippen molar-refractivity contribution in [2.24, 2.45) is 23.7 Å². The van der Waals surface area contributed by atoms with Crippen molar-refractivity contribution in [3.63, 3.8) is 0 Å². The van der Waals surface area contributed by atoms with Crippen LogP contribution in [0.25, 0.3) is 0 Å². The standard InChI is InChI=1S/C41H33Cl2FN6O10/c1-46(2)35-31(49(56)57)16-21(17-32(35)50(58)59)47-37(52)24-13-12-23-26(33(24)39(47)54)18-27-38(53)48(45-30-14-9-20(42)15-28(30)43)40(55)41(27,19-7-10-22(60-3)11-8-19)34(23)25-5-4-6-29(44)36(25)51/h4-12,14-17,24,26-27,33-34,45,51H,13,18H2,1-3H3. The number of phenols is 1. The van der Waals surface area contributed by atoms with Gasteiger partial charge in [0, 0.05) is 42.7 Å². The molecular weight excluding hydrogens is 826 g/mol. The van der Waals surface area contributed by atoms with Crippen LogP contribution < -0.4 is 20.0 Å². The summed E-state index contributed by atoms with van der Waals surface area (Å²) in [5, 5.41) is 37.1. The van der Waals surface area contributed by atoms with E-state index in [1.165, 1.54) is 56.4 Å². The van der Waals surface area contributed by atoms with Gasteiger partial charge in [0.15, 0.2) is 17.3 Å². The highest BCUT2D eigenvalue weighted by atomic mass is 35.5. The number of nitrogens with one attached hydrogen (secondary N) is 1. The van der Waals surface area contributed by atoms with Crippen LogP contribution in [0, 0.1) is 49.7 Å². The molecule has 2 aliphatic heterocycles. The van der Waals surface area contributed by atoms with Gasteiger partial charge in [-0.15, -0.1) is 0 Å². The molecule has 308 valence electrons. The van der Waals surface area contributed by atoms with Crippen molar-refractivity contribution < 1.29 is 43.3 Å². The molecule has 0 aromatic heterocycles. The van der Waals surface area contributed by atoms with E-state index in [-0.39, 0.29) is 39.8 Å². The van der Waals surface area contributed by atoms with Crippen molar-refractivity contribution in [2.45, 2.75) is 24.2 Å². The minimum absolute atomic E-state index is 0.0723. The Morgan fingerprint density at radius 2 is 1.58 bits per heavy atom. The highest BCUT2D eigenvalue weighted by molar-refractivity contribution is 6.36. The van der Waals surface area contributed by atoms with Gasteiger partial charge in [-0.25, -0.2) is 9.29 Å². The van der Waals surface area contributed by atoms with Crippen LogP contribution in [0.2, 0.25) is 10.0 Å². The van der Waals surface area contributed by atoms with Crippen molar-refractivity contribution in [1.82, 2.24) is 5.01 Å². The molecule has 6 atom stereocenters. The highest BCUT2D eigenvalue weighted by Gasteiger charge is 2.71. The second-order valence-electron chi connectivity index (χ2n) is 15.1. The highest BCUT2D eigenvalue weighted by Crippen LogP contribution is 2.65. The number of amides is 4. The van der Waals surface area contributed by atoms with Crippen LogP contribution in [-0.4, -0.2) is 64.8 Å². The monoisotopic (exact) mass is 858 g/mol. The summed E-state index contributed by atoms with van der Waals surface area (Å²) in [5.41, 5.74) is -0.523.